The first-order valence-electron chi connectivity index (χ1n) is 8.31. The fourth-order valence-corrected chi connectivity index (χ4v) is 2.82. The van der Waals surface area contributed by atoms with Crippen LogP contribution >= 0.6 is 15.9 Å². The van der Waals surface area contributed by atoms with Gasteiger partial charge in [0.1, 0.15) is 17.2 Å². The average Bonchev–Trinajstić information content (AvgIpc) is 2.66. The molecule has 1 amide bonds. The Bertz CT molecular complexity index is 1020. The predicted molar refractivity (Wildman–Crippen MR) is 110 cm³/mol. The van der Waals surface area contributed by atoms with Crippen molar-refractivity contribution in [2.24, 2.45) is 5.84 Å². The van der Waals surface area contributed by atoms with Gasteiger partial charge in [-0.15, -0.1) is 0 Å². The van der Waals surface area contributed by atoms with Crippen LogP contribution < -0.4 is 11.2 Å². The van der Waals surface area contributed by atoms with Crippen molar-refractivity contribution in [2.45, 2.75) is 19.9 Å². The highest BCUT2D eigenvalue weighted by Crippen LogP contribution is 2.20. The Morgan fingerprint density at radius 3 is 2.70 bits per heavy atom. The fraction of sp³-hybridized carbons (Fsp3) is 0.158. The summed E-state index contributed by atoms with van der Waals surface area (Å²) in [5.41, 5.74) is 0.657. The molecule has 8 heteroatoms. The highest BCUT2D eigenvalue weighted by molar-refractivity contribution is 9.10. The second-order valence-corrected chi connectivity index (χ2v) is 7.19. The van der Waals surface area contributed by atoms with Crippen LogP contribution in [0.5, 0.6) is 0 Å². The van der Waals surface area contributed by atoms with E-state index in [0.29, 0.717) is 11.5 Å². The molecule has 0 aliphatic rings. The number of pyridine rings is 2. The Labute approximate surface area is 165 Å². The second-order valence-electron chi connectivity index (χ2n) is 6.27. The van der Waals surface area contributed by atoms with Gasteiger partial charge in [-0.3, -0.25) is 20.2 Å². The van der Waals surface area contributed by atoms with Crippen LogP contribution in [0.15, 0.2) is 53.1 Å². The number of fused-ring (bicyclic) bond motifs is 1. The number of nitrogens with zero attached hydrogens (tertiary/aromatic N) is 3. The molecule has 138 valence electrons. The summed E-state index contributed by atoms with van der Waals surface area (Å²) in [5, 5.41) is 14.0. The number of hydrogen-bond donors (Lipinski definition) is 3. The van der Waals surface area contributed by atoms with Crippen LogP contribution in [0.3, 0.4) is 0 Å². The Kier molecular flexibility index (Phi) is 5.48. The summed E-state index contributed by atoms with van der Waals surface area (Å²) in [4.78, 5) is 21.1. The van der Waals surface area contributed by atoms with Crippen molar-refractivity contribution in [3.63, 3.8) is 0 Å². The van der Waals surface area contributed by atoms with Gasteiger partial charge in [0.15, 0.2) is 5.84 Å². The Morgan fingerprint density at radius 1 is 1.19 bits per heavy atom. The minimum atomic E-state index is -0.374. The fourth-order valence-electron chi connectivity index (χ4n) is 2.44. The Hall–Kier alpha value is -2.84. The number of benzene rings is 1. The van der Waals surface area contributed by atoms with Gasteiger partial charge in [-0.1, -0.05) is 28.1 Å². The Morgan fingerprint density at radius 2 is 1.96 bits per heavy atom. The lowest BCUT2D eigenvalue weighted by atomic mass is 10.1. The third-order valence-corrected chi connectivity index (χ3v) is 4.46. The van der Waals surface area contributed by atoms with Crippen molar-refractivity contribution in [3.8, 4) is 0 Å². The van der Waals surface area contributed by atoms with Crippen molar-refractivity contribution in [3.05, 3.63) is 64.5 Å². The van der Waals surface area contributed by atoms with Crippen LogP contribution in [0, 0.1) is 5.41 Å². The van der Waals surface area contributed by atoms with E-state index in [1.54, 1.807) is 30.5 Å². The number of amides is 1. The van der Waals surface area contributed by atoms with E-state index >= 15 is 0 Å². The molecule has 0 saturated carbocycles. The Balaban J connectivity index is 1.82. The van der Waals surface area contributed by atoms with Crippen molar-refractivity contribution >= 4 is 44.3 Å². The molecule has 27 heavy (non-hydrogen) atoms. The van der Waals surface area contributed by atoms with Gasteiger partial charge in [0.05, 0.1) is 0 Å². The molecule has 0 fully saturated rings. The van der Waals surface area contributed by atoms with E-state index in [0.717, 1.165) is 15.2 Å². The quantitative estimate of drug-likeness (QED) is 0.255. The van der Waals surface area contributed by atoms with Crippen molar-refractivity contribution in [1.82, 2.24) is 15.0 Å². The number of nitrogens with one attached hydrogen (secondary N) is 2. The maximum absolute atomic E-state index is 12.6. The molecule has 0 radical (unpaired) electrons. The normalized spacial score (nSPS) is 10.9. The van der Waals surface area contributed by atoms with Gasteiger partial charge in [-0.2, -0.15) is 0 Å². The zero-order chi connectivity index (χ0) is 19.6. The van der Waals surface area contributed by atoms with E-state index in [1.165, 1.54) is 5.01 Å². The molecule has 0 saturated heterocycles. The van der Waals surface area contributed by atoms with Crippen LogP contribution in [-0.4, -0.2) is 32.8 Å². The van der Waals surface area contributed by atoms with Crippen LogP contribution in [0.1, 0.15) is 30.0 Å². The summed E-state index contributed by atoms with van der Waals surface area (Å²) < 4.78 is 0.928. The topological polar surface area (TPSA) is 108 Å². The summed E-state index contributed by atoms with van der Waals surface area (Å²) in [7, 11) is 0. The molecule has 0 unspecified atom stereocenters. The first-order chi connectivity index (χ1) is 12.8. The summed E-state index contributed by atoms with van der Waals surface area (Å²) in [6.45, 7) is 3.76. The summed E-state index contributed by atoms with van der Waals surface area (Å²) >= 11 is 3.43. The highest BCUT2D eigenvalue weighted by Gasteiger charge is 2.14. The molecule has 0 aliphatic heterocycles. The predicted octanol–water partition coefficient (Wildman–Crippen LogP) is 3.55. The van der Waals surface area contributed by atoms with Crippen LogP contribution in [0.4, 0.5) is 5.82 Å². The highest BCUT2D eigenvalue weighted by atomic mass is 79.9. The number of aromatic nitrogens is 2. The minimum Gasteiger partial charge on any atom is -0.305 e. The minimum absolute atomic E-state index is 0.0429. The van der Waals surface area contributed by atoms with Crippen molar-refractivity contribution in [1.29, 1.82) is 5.41 Å². The van der Waals surface area contributed by atoms with Gasteiger partial charge in [-0.25, -0.2) is 10.8 Å². The van der Waals surface area contributed by atoms with Gasteiger partial charge in [-0.05, 0) is 49.6 Å². The third kappa shape index (κ3) is 4.29. The molecule has 1 aromatic carbocycles. The number of halogens is 1. The number of hydrogen-bond acceptors (Lipinski definition) is 5. The molecule has 0 aliphatic carbocycles. The summed E-state index contributed by atoms with van der Waals surface area (Å²) in [5.74, 6) is 5.90. The SMILES string of the molecule is CC(C)N(N)C(=N)c1cccc(NC(=O)c2cc3cc(Br)ccc3cn2)n1. The molecule has 0 bridgehead atoms. The van der Waals surface area contributed by atoms with Gasteiger partial charge in [0, 0.05) is 22.1 Å². The smallest absolute Gasteiger partial charge is 0.275 e. The number of amidine groups is 1. The van der Waals surface area contributed by atoms with Crippen molar-refractivity contribution in [2.75, 3.05) is 5.32 Å². The number of hydrazine groups is 1. The molecule has 2 aromatic heterocycles. The number of carbonyl (C=O) groups is 1. The van der Waals surface area contributed by atoms with Gasteiger partial charge >= 0.3 is 0 Å². The molecule has 7 nitrogen and oxygen atoms in total. The van der Waals surface area contributed by atoms with E-state index in [4.69, 9.17) is 11.3 Å². The zero-order valence-corrected chi connectivity index (χ0v) is 16.5. The largest absolute Gasteiger partial charge is 0.305 e. The lowest BCUT2D eigenvalue weighted by molar-refractivity contribution is 0.102. The zero-order valence-electron chi connectivity index (χ0n) is 14.9. The van der Waals surface area contributed by atoms with E-state index in [2.05, 4.69) is 31.2 Å². The molecule has 4 N–H and O–H groups in total. The third-order valence-electron chi connectivity index (χ3n) is 3.96. The number of rotatable bonds is 4. The average molecular weight is 427 g/mol. The van der Waals surface area contributed by atoms with E-state index < -0.39 is 0 Å². The molecule has 0 atom stereocenters. The molecular weight excluding hydrogens is 408 g/mol. The van der Waals surface area contributed by atoms with Crippen LogP contribution in [0.25, 0.3) is 10.8 Å². The van der Waals surface area contributed by atoms with Crippen LogP contribution in [-0.2, 0) is 0 Å². The molecule has 3 rings (SSSR count). The number of carbonyl (C=O) groups excluding carboxylic acids is 1. The summed E-state index contributed by atoms with van der Waals surface area (Å²) in [6.07, 6.45) is 1.66. The first-order valence-corrected chi connectivity index (χ1v) is 9.11. The lowest BCUT2D eigenvalue weighted by Crippen LogP contribution is -2.43. The molecule has 3 aromatic rings. The van der Waals surface area contributed by atoms with Crippen LogP contribution in [0.2, 0.25) is 0 Å². The first kappa shape index (κ1) is 18.9. The maximum atomic E-state index is 12.6. The van der Waals surface area contributed by atoms with Gasteiger partial charge in [0.25, 0.3) is 5.91 Å². The number of anilines is 1. The van der Waals surface area contributed by atoms with Gasteiger partial charge < -0.3 is 5.32 Å². The maximum Gasteiger partial charge on any atom is 0.275 e. The lowest BCUT2D eigenvalue weighted by Gasteiger charge is -2.23. The van der Waals surface area contributed by atoms with E-state index in [9.17, 15) is 4.79 Å². The van der Waals surface area contributed by atoms with E-state index in [-0.39, 0.29) is 23.5 Å². The standard InChI is InChI=1S/C19H19BrN6O/c1-11(2)26(22)18(21)15-4-3-5-17(24-15)25-19(27)16-9-13-8-14(20)7-6-12(13)10-23-16/h3-11,21H,22H2,1-2H3,(H,24,25,27). The molecule has 0 spiro atoms. The molecule has 2 heterocycles. The van der Waals surface area contributed by atoms with Crippen molar-refractivity contribution < 1.29 is 4.79 Å². The van der Waals surface area contributed by atoms with E-state index in [1.807, 2.05) is 32.0 Å². The monoisotopic (exact) mass is 426 g/mol. The molecular formula is C19H19BrN6O. The number of nitrogens with two attached hydrogens (primary N) is 1. The summed E-state index contributed by atoms with van der Waals surface area (Å²) in [6, 6.07) is 12.5. The van der Waals surface area contributed by atoms with Gasteiger partial charge in [0.2, 0.25) is 0 Å². The second kappa shape index (κ2) is 7.81.